The highest BCUT2D eigenvalue weighted by molar-refractivity contribution is 5.59. The van der Waals surface area contributed by atoms with Crippen molar-refractivity contribution in [2.24, 2.45) is 7.05 Å². The Morgan fingerprint density at radius 3 is 2.44 bits per heavy atom. The van der Waals surface area contributed by atoms with Crippen molar-refractivity contribution in [2.45, 2.75) is 0 Å². The van der Waals surface area contributed by atoms with Crippen LogP contribution in [0.15, 0.2) is 49.1 Å². The second kappa shape index (κ2) is 4.37. The molecule has 5 nitrogen and oxygen atoms in total. The number of imidazole rings is 1. The summed E-state index contributed by atoms with van der Waals surface area (Å²) in [6.07, 6.45) is 7.13. The van der Waals surface area contributed by atoms with Gasteiger partial charge in [-0.25, -0.2) is 4.98 Å². The van der Waals surface area contributed by atoms with Crippen LogP contribution >= 0.6 is 0 Å². The zero-order valence-electron chi connectivity index (χ0n) is 9.85. The number of hydrogen-bond donors (Lipinski definition) is 0. The molecular weight excluding hydrogens is 226 g/mol. The third kappa shape index (κ3) is 1.86. The van der Waals surface area contributed by atoms with Crippen molar-refractivity contribution in [1.82, 2.24) is 24.7 Å². The molecule has 88 valence electrons. The molecule has 0 unspecified atom stereocenters. The number of pyridine rings is 1. The second-order valence-corrected chi connectivity index (χ2v) is 3.91. The van der Waals surface area contributed by atoms with E-state index in [1.165, 1.54) is 0 Å². The summed E-state index contributed by atoms with van der Waals surface area (Å²) < 4.78 is 1.91. The Balaban J connectivity index is 1.97. The molecular formula is C13H11N5. The van der Waals surface area contributed by atoms with E-state index in [4.69, 9.17) is 0 Å². The van der Waals surface area contributed by atoms with Crippen LogP contribution in [0, 0.1) is 0 Å². The predicted octanol–water partition coefficient (Wildman–Crippen LogP) is 1.94. The average Bonchev–Trinajstić information content (AvgIpc) is 2.86. The normalized spacial score (nSPS) is 10.5. The van der Waals surface area contributed by atoms with E-state index in [0.29, 0.717) is 0 Å². The van der Waals surface area contributed by atoms with Crippen molar-refractivity contribution < 1.29 is 0 Å². The second-order valence-electron chi connectivity index (χ2n) is 3.91. The summed E-state index contributed by atoms with van der Waals surface area (Å²) in [6.45, 7) is 0. The van der Waals surface area contributed by atoms with E-state index in [0.717, 1.165) is 22.8 Å². The molecule has 0 bridgehead atoms. The molecule has 0 amide bonds. The molecule has 0 radical (unpaired) electrons. The van der Waals surface area contributed by atoms with Gasteiger partial charge in [0.25, 0.3) is 0 Å². The van der Waals surface area contributed by atoms with Crippen LogP contribution in [-0.2, 0) is 7.05 Å². The number of nitrogens with zero attached hydrogens (tertiary/aromatic N) is 5. The standard InChI is InChI=1S/C13H11N5/c1-18-8-7-15-13(18)12-5-4-11(16-17-12)10-3-2-6-14-9-10/h2-9H,1H3. The Morgan fingerprint density at radius 1 is 1.00 bits per heavy atom. The van der Waals surface area contributed by atoms with E-state index >= 15 is 0 Å². The Hall–Kier alpha value is -2.56. The molecule has 18 heavy (non-hydrogen) atoms. The molecule has 0 saturated carbocycles. The van der Waals surface area contributed by atoms with Gasteiger partial charge in [0.2, 0.25) is 0 Å². The van der Waals surface area contributed by atoms with Crippen molar-refractivity contribution in [3.05, 3.63) is 49.1 Å². The monoisotopic (exact) mass is 237 g/mol. The van der Waals surface area contributed by atoms with E-state index in [1.807, 2.05) is 42.1 Å². The maximum Gasteiger partial charge on any atom is 0.160 e. The zero-order valence-corrected chi connectivity index (χ0v) is 9.85. The van der Waals surface area contributed by atoms with E-state index in [9.17, 15) is 0 Å². The fraction of sp³-hybridized carbons (Fsp3) is 0.0769. The van der Waals surface area contributed by atoms with Gasteiger partial charge in [0, 0.05) is 37.4 Å². The smallest absolute Gasteiger partial charge is 0.160 e. The molecule has 0 spiro atoms. The van der Waals surface area contributed by atoms with Gasteiger partial charge < -0.3 is 4.57 Å². The number of aryl methyl sites for hydroxylation is 1. The minimum Gasteiger partial charge on any atom is -0.333 e. The first-order valence-electron chi connectivity index (χ1n) is 5.56. The lowest BCUT2D eigenvalue weighted by molar-refractivity contribution is 0.905. The lowest BCUT2D eigenvalue weighted by atomic mass is 10.2. The molecule has 0 N–H and O–H groups in total. The highest BCUT2D eigenvalue weighted by Gasteiger charge is 2.06. The predicted molar refractivity (Wildman–Crippen MR) is 67.5 cm³/mol. The molecule has 3 aromatic rings. The van der Waals surface area contributed by atoms with Crippen LogP contribution in [0.2, 0.25) is 0 Å². The van der Waals surface area contributed by atoms with Gasteiger partial charge >= 0.3 is 0 Å². The van der Waals surface area contributed by atoms with Crippen molar-refractivity contribution in [2.75, 3.05) is 0 Å². The summed E-state index contributed by atoms with van der Waals surface area (Å²) in [7, 11) is 1.93. The molecule has 3 heterocycles. The quantitative estimate of drug-likeness (QED) is 0.683. The Bertz CT molecular complexity index is 643. The SMILES string of the molecule is Cn1ccnc1-c1ccc(-c2cccnc2)nn1. The molecule has 0 saturated heterocycles. The topological polar surface area (TPSA) is 56.5 Å². The molecule has 5 heteroatoms. The lowest BCUT2D eigenvalue weighted by Crippen LogP contribution is -1.96. The van der Waals surface area contributed by atoms with Gasteiger partial charge in [0.05, 0.1) is 5.69 Å². The molecule has 0 aliphatic carbocycles. The Morgan fingerprint density at radius 2 is 1.83 bits per heavy atom. The van der Waals surface area contributed by atoms with Crippen molar-refractivity contribution in [1.29, 1.82) is 0 Å². The van der Waals surface area contributed by atoms with E-state index in [1.54, 1.807) is 18.6 Å². The van der Waals surface area contributed by atoms with Crippen LogP contribution in [0.5, 0.6) is 0 Å². The van der Waals surface area contributed by atoms with Crippen LogP contribution < -0.4 is 0 Å². The third-order valence-corrected chi connectivity index (χ3v) is 2.67. The molecule has 3 aromatic heterocycles. The van der Waals surface area contributed by atoms with E-state index < -0.39 is 0 Å². The summed E-state index contributed by atoms with van der Waals surface area (Å²) in [6, 6.07) is 7.67. The first kappa shape index (κ1) is 10.6. The van der Waals surface area contributed by atoms with Crippen LogP contribution in [0.25, 0.3) is 22.8 Å². The van der Waals surface area contributed by atoms with Crippen LogP contribution in [0.4, 0.5) is 0 Å². The maximum absolute atomic E-state index is 4.24. The summed E-state index contributed by atoms with van der Waals surface area (Å²) in [5.74, 6) is 0.806. The van der Waals surface area contributed by atoms with Gasteiger partial charge in [0.1, 0.15) is 5.69 Å². The number of rotatable bonds is 2. The summed E-state index contributed by atoms with van der Waals surface area (Å²) in [4.78, 5) is 8.30. The fourth-order valence-electron chi connectivity index (χ4n) is 1.73. The van der Waals surface area contributed by atoms with Crippen molar-refractivity contribution in [3.63, 3.8) is 0 Å². The summed E-state index contributed by atoms with van der Waals surface area (Å²) in [5.41, 5.74) is 2.52. The minimum atomic E-state index is 0.759. The van der Waals surface area contributed by atoms with Gasteiger partial charge in [-0.05, 0) is 24.3 Å². The Labute approximate surface area is 104 Å². The molecule has 0 atom stereocenters. The van der Waals surface area contributed by atoms with Gasteiger partial charge in [-0.3, -0.25) is 4.98 Å². The average molecular weight is 237 g/mol. The van der Waals surface area contributed by atoms with Gasteiger partial charge in [-0.2, -0.15) is 0 Å². The van der Waals surface area contributed by atoms with E-state index in [2.05, 4.69) is 20.2 Å². The van der Waals surface area contributed by atoms with Crippen LogP contribution in [-0.4, -0.2) is 24.7 Å². The number of hydrogen-bond acceptors (Lipinski definition) is 4. The summed E-state index contributed by atoms with van der Waals surface area (Å²) in [5, 5.41) is 8.40. The summed E-state index contributed by atoms with van der Waals surface area (Å²) >= 11 is 0. The molecule has 0 aliphatic heterocycles. The fourth-order valence-corrected chi connectivity index (χ4v) is 1.73. The highest BCUT2D eigenvalue weighted by atomic mass is 15.1. The molecule has 3 rings (SSSR count). The van der Waals surface area contributed by atoms with E-state index in [-0.39, 0.29) is 0 Å². The molecule has 0 aromatic carbocycles. The Kier molecular flexibility index (Phi) is 2.57. The first-order chi connectivity index (χ1) is 8.84. The lowest BCUT2D eigenvalue weighted by Gasteiger charge is -2.02. The third-order valence-electron chi connectivity index (χ3n) is 2.67. The maximum atomic E-state index is 4.24. The highest BCUT2D eigenvalue weighted by Crippen LogP contribution is 2.17. The largest absolute Gasteiger partial charge is 0.333 e. The molecule has 0 aliphatic rings. The zero-order chi connectivity index (χ0) is 12.4. The minimum absolute atomic E-state index is 0.759. The van der Waals surface area contributed by atoms with Crippen molar-refractivity contribution in [3.8, 4) is 22.8 Å². The van der Waals surface area contributed by atoms with Gasteiger partial charge in [-0.15, -0.1) is 10.2 Å². The van der Waals surface area contributed by atoms with Crippen LogP contribution in [0.1, 0.15) is 0 Å². The molecule has 0 fully saturated rings. The van der Waals surface area contributed by atoms with Crippen LogP contribution in [0.3, 0.4) is 0 Å². The number of aromatic nitrogens is 5. The first-order valence-corrected chi connectivity index (χ1v) is 5.56. The van der Waals surface area contributed by atoms with Gasteiger partial charge in [-0.1, -0.05) is 0 Å². The van der Waals surface area contributed by atoms with Crippen molar-refractivity contribution >= 4 is 0 Å². The van der Waals surface area contributed by atoms with Gasteiger partial charge in [0.15, 0.2) is 5.82 Å².